The van der Waals surface area contributed by atoms with E-state index in [0.29, 0.717) is 0 Å². The standard InChI is InChI=1S/C40H25N/c1-5-15-30-26(11-1)21-23-36-39(30)40-31-16-6-2-12-27(31)22-24-37(40)41(36)35-20-10-9-19-34(35)38-32-17-7-3-13-28(32)25-29-14-4-8-18-33(29)38/h1-25H. The van der Waals surface area contributed by atoms with Gasteiger partial charge in [0.15, 0.2) is 0 Å². The molecule has 0 fully saturated rings. The Morgan fingerprint density at radius 1 is 0.341 bits per heavy atom. The fraction of sp³-hybridized carbons (Fsp3) is 0. The number of rotatable bonds is 2. The Morgan fingerprint density at radius 2 is 0.780 bits per heavy atom. The second-order valence-corrected chi connectivity index (χ2v) is 10.9. The van der Waals surface area contributed by atoms with Gasteiger partial charge in [-0.25, -0.2) is 0 Å². The lowest BCUT2D eigenvalue weighted by Gasteiger charge is -2.18. The van der Waals surface area contributed by atoms with E-state index in [4.69, 9.17) is 0 Å². The molecule has 0 aliphatic heterocycles. The maximum atomic E-state index is 2.50. The van der Waals surface area contributed by atoms with Crippen molar-refractivity contribution in [3.8, 4) is 16.8 Å². The zero-order chi connectivity index (χ0) is 26.9. The molecule has 0 unspecified atom stereocenters. The first-order chi connectivity index (χ1) is 20.4. The molecule has 0 N–H and O–H groups in total. The predicted molar refractivity (Wildman–Crippen MR) is 176 cm³/mol. The zero-order valence-corrected chi connectivity index (χ0v) is 22.4. The summed E-state index contributed by atoms with van der Waals surface area (Å²) in [6.07, 6.45) is 0. The number of fused-ring (bicyclic) bond motifs is 9. The smallest absolute Gasteiger partial charge is 0.0548 e. The van der Waals surface area contributed by atoms with Crippen molar-refractivity contribution in [3.63, 3.8) is 0 Å². The largest absolute Gasteiger partial charge is 0.309 e. The molecule has 190 valence electrons. The van der Waals surface area contributed by atoms with Crippen LogP contribution in [0.4, 0.5) is 0 Å². The molecule has 0 atom stereocenters. The van der Waals surface area contributed by atoms with Crippen molar-refractivity contribution in [1.82, 2.24) is 4.57 Å². The van der Waals surface area contributed by atoms with Crippen molar-refractivity contribution in [2.45, 2.75) is 0 Å². The summed E-state index contributed by atoms with van der Waals surface area (Å²) in [4.78, 5) is 0. The highest BCUT2D eigenvalue weighted by molar-refractivity contribution is 6.28. The summed E-state index contributed by atoms with van der Waals surface area (Å²) in [5.41, 5.74) is 6.17. The van der Waals surface area contributed by atoms with Gasteiger partial charge in [0, 0.05) is 16.3 Å². The fourth-order valence-corrected chi connectivity index (χ4v) is 6.99. The van der Waals surface area contributed by atoms with Gasteiger partial charge in [0.1, 0.15) is 0 Å². The van der Waals surface area contributed by atoms with Crippen molar-refractivity contribution < 1.29 is 0 Å². The maximum Gasteiger partial charge on any atom is 0.0548 e. The fourth-order valence-electron chi connectivity index (χ4n) is 6.99. The van der Waals surface area contributed by atoms with Gasteiger partial charge in [0.25, 0.3) is 0 Å². The molecule has 0 bridgehead atoms. The minimum Gasteiger partial charge on any atom is -0.309 e. The van der Waals surface area contributed by atoms with Gasteiger partial charge in [-0.05, 0) is 72.9 Å². The molecule has 0 saturated carbocycles. The predicted octanol–water partition coefficient (Wildman–Crippen LogP) is 11.1. The number of para-hydroxylation sites is 1. The molecule has 41 heavy (non-hydrogen) atoms. The average molecular weight is 520 g/mol. The van der Waals surface area contributed by atoms with Crippen LogP contribution in [0.15, 0.2) is 152 Å². The van der Waals surface area contributed by atoms with E-state index < -0.39 is 0 Å². The molecule has 1 heteroatoms. The second kappa shape index (κ2) is 8.55. The van der Waals surface area contributed by atoms with Crippen LogP contribution in [-0.2, 0) is 0 Å². The molecule has 1 aromatic heterocycles. The lowest BCUT2D eigenvalue weighted by molar-refractivity contribution is 1.18. The van der Waals surface area contributed by atoms with Crippen LogP contribution in [0.3, 0.4) is 0 Å². The molecule has 0 spiro atoms. The van der Waals surface area contributed by atoms with Crippen LogP contribution in [0.2, 0.25) is 0 Å². The van der Waals surface area contributed by atoms with Gasteiger partial charge < -0.3 is 4.57 Å². The molecule has 8 aromatic carbocycles. The summed E-state index contributed by atoms with van der Waals surface area (Å²) in [6, 6.07) is 55.5. The van der Waals surface area contributed by atoms with Crippen molar-refractivity contribution in [2.24, 2.45) is 0 Å². The number of aromatic nitrogens is 1. The number of nitrogens with zero attached hydrogens (tertiary/aromatic N) is 1. The van der Waals surface area contributed by atoms with Gasteiger partial charge in [-0.2, -0.15) is 0 Å². The molecular formula is C40H25N. The normalized spacial score (nSPS) is 11.9. The Labute approximate surface area is 237 Å². The molecule has 9 aromatic rings. The topological polar surface area (TPSA) is 4.93 Å². The van der Waals surface area contributed by atoms with Crippen LogP contribution >= 0.6 is 0 Å². The summed E-state index contributed by atoms with van der Waals surface area (Å²) < 4.78 is 2.50. The highest BCUT2D eigenvalue weighted by atomic mass is 15.0. The molecular weight excluding hydrogens is 494 g/mol. The minimum atomic E-state index is 1.19. The second-order valence-electron chi connectivity index (χ2n) is 10.9. The number of benzene rings is 8. The Balaban J connectivity index is 1.50. The van der Waals surface area contributed by atoms with Crippen molar-refractivity contribution in [1.29, 1.82) is 0 Å². The first kappa shape index (κ1) is 22.4. The van der Waals surface area contributed by atoms with E-state index in [0.717, 1.165) is 0 Å². The van der Waals surface area contributed by atoms with E-state index >= 15 is 0 Å². The Hall–Kier alpha value is -5.40. The SMILES string of the molecule is c1ccc(-n2c3ccc4ccccc4c3c3c4ccccc4ccc32)c(-c2c3ccccc3cc3ccccc23)c1. The van der Waals surface area contributed by atoms with E-state index in [1.165, 1.54) is 81.7 Å². The van der Waals surface area contributed by atoms with E-state index in [1.807, 2.05) is 0 Å². The Bertz CT molecular complexity index is 2330. The van der Waals surface area contributed by atoms with Crippen LogP contribution in [0.5, 0.6) is 0 Å². The van der Waals surface area contributed by atoms with Gasteiger partial charge >= 0.3 is 0 Å². The first-order valence-corrected chi connectivity index (χ1v) is 14.2. The Morgan fingerprint density at radius 3 is 1.34 bits per heavy atom. The zero-order valence-electron chi connectivity index (χ0n) is 22.4. The molecule has 9 rings (SSSR count). The van der Waals surface area contributed by atoms with Crippen LogP contribution in [-0.4, -0.2) is 4.57 Å². The maximum absolute atomic E-state index is 2.50. The Kier molecular flexibility index (Phi) is 4.67. The molecule has 0 saturated heterocycles. The quantitative estimate of drug-likeness (QED) is 0.200. The van der Waals surface area contributed by atoms with Crippen LogP contribution in [0.25, 0.3) is 81.7 Å². The first-order valence-electron chi connectivity index (χ1n) is 14.2. The number of hydrogen-bond acceptors (Lipinski definition) is 0. The van der Waals surface area contributed by atoms with Gasteiger partial charge in [-0.1, -0.05) is 127 Å². The van der Waals surface area contributed by atoms with Crippen molar-refractivity contribution in [3.05, 3.63) is 152 Å². The third-order valence-corrected chi connectivity index (χ3v) is 8.73. The third-order valence-electron chi connectivity index (χ3n) is 8.73. The molecule has 0 radical (unpaired) electrons. The van der Waals surface area contributed by atoms with E-state index in [9.17, 15) is 0 Å². The number of hydrogen-bond donors (Lipinski definition) is 0. The van der Waals surface area contributed by atoms with Gasteiger partial charge in [0.05, 0.1) is 16.7 Å². The summed E-state index contributed by atoms with van der Waals surface area (Å²) in [5.74, 6) is 0. The van der Waals surface area contributed by atoms with Crippen LogP contribution in [0.1, 0.15) is 0 Å². The van der Waals surface area contributed by atoms with Crippen LogP contribution < -0.4 is 0 Å². The third kappa shape index (κ3) is 3.18. The van der Waals surface area contributed by atoms with E-state index in [1.54, 1.807) is 0 Å². The van der Waals surface area contributed by atoms with Gasteiger partial charge in [0.2, 0.25) is 0 Å². The monoisotopic (exact) mass is 519 g/mol. The van der Waals surface area contributed by atoms with Crippen LogP contribution in [0, 0.1) is 0 Å². The lowest BCUT2D eigenvalue weighted by Crippen LogP contribution is -1.98. The summed E-state index contributed by atoms with van der Waals surface area (Å²) in [6.45, 7) is 0. The van der Waals surface area contributed by atoms with Gasteiger partial charge in [-0.3, -0.25) is 0 Å². The van der Waals surface area contributed by atoms with E-state index in [2.05, 4.69) is 156 Å². The highest BCUT2D eigenvalue weighted by Gasteiger charge is 2.20. The molecule has 1 heterocycles. The summed E-state index contributed by atoms with van der Waals surface area (Å²) in [5, 5.41) is 12.8. The molecule has 0 aliphatic rings. The van der Waals surface area contributed by atoms with Gasteiger partial charge in [-0.15, -0.1) is 0 Å². The average Bonchev–Trinajstić information content (AvgIpc) is 3.39. The lowest BCUT2D eigenvalue weighted by atomic mass is 9.91. The van der Waals surface area contributed by atoms with E-state index in [-0.39, 0.29) is 0 Å². The molecule has 0 amide bonds. The molecule has 1 nitrogen and oxygen atoms in total. The van der Waals surface area contributed by atoms with Crippen molar-refractivity contribution in [2.75, 3.05) is 0 Å². The van der Waals surface area contributed by atoms with Crippen molar-refractivity contribution >= 4 is 64.9 Å². The summed E-state index contributed by atoms with van der Waals surface area (Å²) in [7, 11) is 0. The summed E-state index contributed by atoms with van der Waals surface area (Å²) >= 11 is 0. The highest BCUT2D eigenvalue weighted by Crippen LogP contribution is 2.44. The minimum absolute atomic E-state index is 1.19. The molecule has 0 aliphatic carbocycles.